The molecule has 0 unspecified atom stereocenters. The molecule has 1 fully saturated rings. The molecule has 0 bridgehead atoms. The zero-order valence-electron chi connectivity index (χ0n) is 11.8. The lowest BCUT2D eigenvalue weighted by atomic mass is 10.1. The van der Waals surface area contributed by atoms with E-state index in [1.165, 1.54) is 0 Å². The first kappa shape index (κ1) is 13.5. The van der Waals surface area contributed by atoms with Gasteiger partial charge in [0, 0.05) is 25.6 Å². The Morgan fingerprint density at radius 3 is 3.30 bits per heavy atom. The molecule has 0 spiro atoms. The van der Waals surface area contributed by atoms with Gasteiger partial charge in [-0.1, -0.05) is 0 Å². The summed E-state index contributed by atoms with van der Waals surface area (Å²) in [4.78, 5) is 18.2. The molecular weight excluding hydrogens is 258 g/mol. The van der Waals surface area contributed by atoms with E-state index in [2.05, 4.69) is 15.4 Å². The van der Waals surface area contributed by atoms with Crippen LogP contribution in [0.15, 0.2) is 6.33 Å². The second kappa shape index (κ2) is 5.88. The molecule has 1 saturated heterocycles. The summed E-state index contributed by atoms with van der Waals surface area (Å²) in [6.45, 7) is 5.21. The number of morpholine rings is 1. The van der Waals surface area contributed by atoms with E-state index in [1.54, 1.807) is 6.33 Å². The summed E-state index contributed by atoms with van der Waals surface area (Å²) >= 11 is 0. The van der Waals surface area contributed by atoms with E-state index in [-0.39, 0.29) is 12.0 Å². The van der Waals surface area contributed by atoms with Gasteiger partial charge in [0.25, 0.3) is 0 Å². The molecule has 20 heavy (non-hydrogen) atoms. The highest BCUT2D eigenvalue weighted by Crippen LogP contribution is 2.11. The minimum Gasteiger partial charge on any atom is -0.375 e. The normalized spacial score (nSPS) is 26.4. The smallest absolute Gasteiger partial charge is 0.236 e. The second-order valence-electron chi connectivity index (χ2n) is 5.50. The number of hydrogen-bond acceptors (Lipinski definition) is 5. The van der Waals surface area contributed by atoms with E-state index < -0.39 is 0 Å². The first-order chi connectivity index (χ1) is 9.72. The van der Waals surface area contributed by atoms with Gasteiger partial charge in [0.1, 0.15) is 12.2 Å². The Labute approximate surface area is 118 Å². The fourth-order valence-corrected chi connectivity index (χ4v) is 2.79. The third-order valence-corrected chi connectivity index (χ3v) is 3.94. The molecular formula is C13H21N5O2. The van der Waals surface area contributed by atoms with Crippen molar-refractivity contribution in [3.05, 3.63) is 12.2 Å². The van der Waals surface area contributed by atoms with E-state index in [9.17, 15) is 4.79 Å². The van der Waals surface area contributed by atoms with Crippen LogP contribution in [0.25, 0.3) is 0 Å². The van der Waals surface area contributed by atoms with Gasteiger partial charge in [-0.25, -0.2) is 9.67 Å². The van der Waals surface area contributed by atoms with Gasteiger partial charge in [0.05, 0.1) is 25.8 Å². The second-order valence-corrected chi connectivity index (χ2v) is 5.50. The Bertz CT molecular complexity index is 475. The molecule has 0 radical (unpaired) electrons. The number of rotatable bonds is 3. The maximum atomic E-state index is 12.2. The number of aromatic nitrogens is 3. The largest absolute Gasteiger partial charge is 0.375 e. The summed E-state index contributed by atoms with van der Waals surface area (Å²) < 4.78 is 7.37. The Kier molecular flexibility index (Phi) is 3.98. The highest BCUT2D eigenvalue weighted by atomic mass is 16.5. The van der Waals surface area contributed by atoms with E-state index in [4.69, 9.17) is 4.74 Å². The predicted molar refractivity (Wildman–Crippen MR) is 72.1 cm³/mol. The maximum absolute atomic E-state index is 12.2. The van der Waals surface area contributed by atoms with Crippen LogP contribution in [0.2, 0.25) is 0 Å². The molecule has 2 aliphatic rings. The van der Waals surface area contributed by atoms with Crippen LogP contribution in [0.1, 0.15) is 19.2 Å². The topological polar surface area (TPSA) is 72.3 Å². The zero-order chi connectivity index (χ0) is 13.9. The molecule has 1 aromatic rings. The van der Waals surface area contributed by atoms with E-state index in [0.29, 0.717) is 32.3 Å². The van der Waals surface area contributed by atoms with Crippen molar-refractivity contribution in [3.8, 4) is 0 Å². The molecule has 1 N–H and O–H groups in total. The van der Waals surface area contributed by atoms with Crippen LogP contribution in [0.4, 0.5) is 0 Å². The molecule has 3 rings (SSSR count). The Hall–Kier alpha value is -1.47. The highest BCUT2D eigenvalue weighted by molar-refractivity contribution is 5.78. The van der Waals surface area contributed by atoms with Crippen LogP contribution in [-0.2, 0) is 22.5 Å². The van der Waals surface area contributed by atoms with Crippen LogP contribution >= 0.6 is 0 Å². The lowest BCUT2D eigenvalue weighted by molar-refractivity contribution is -0.137. The maximum Gasteiger partial charge on any atom is 0.236 e. The fraction of sp³-hybridized carbons (Fsp3) is 0.769. The van der Waals surface area contributed by atoms with Crippen LogP contribution < -0.4 is 5.32 Å². The number of nitrogens with zero attached hydrogens (tertiary/aromatic N) is 4. The lowest BCUT2D eigenvalue weighted by Crippen LogP contribution is -2.49. The third-order valence-electron chi connectivity index (χ3n) is 3.94. The van der Waals surface area contributed by atoms with E-state index in [0.717, 1.165) is 25.2 Å². The fourth-order valence-electron chi connectivity index (χ4n) is 2.79. The van der Waals surface area contributed by atoms with Crippen LogP contribution in [0, 0.1) is 0 Å². The summed E-state index contributed by atoms with van der Waals surface area (Å²) in [5.74, 6) is 1.20. The first-order valence-electron chi connectivity index (χ1n) is 7.22. The highest BCUT2D eigenvalue weighted by Gasteiger charge is 2.23. The molecule has 110 valence electrons. The number of carbonyl (C=O) groups excluding carboxylic acids is 1. The minimum absolute atomic E-state index is 0.139. The van der Waals surface area contributed by atoms with Crippen molar-refractivity contribution in [2.75, 3.05) is 26.2 Å². The molecule has 0 saturated carbocycles. The van der Waals surface area contributed by atoms with Crippen molar-refractivity contribution in [2.45, 2.75) is 38.5 Å². The van der Waals surface area contributed by atoms with Crippen LogP contribution in [0.3, 0.4) is 0 Å². The predicted octanol–water partition coefficient (Wildman–Crippen LogP) is -0.570. The van der Waals surface area contributed by atoms with Gasteiger partial charge < -0.3 is 15.0 Å². The van der Waals surface area contributed by atoms with Gasteiger partial charge in [-0.2, -0.15) is 5.10 Å². The first-order valence-corrected chi connectivity index (χ1v) is 7.22. The van der Waals surface area contributed by atoms with Crippen LogP contribution in [-0.4, -0.2) is 64.0 Å². The van der Waals surface area contributed by atoms with Crippen molar-refractivity contribution in [3.63, 3.8) is 0 Å². The number of ether oxygens (including phenoxy) is 1. The van der Waals surface area contributed by atoms with Crippen molar-refractivity contribution in [1.82, 2.24) is 25.0 Å². The zero-order valence-corrected chi connectivity index (χ0v) is 11.8. The van der Waals surface area contributed by atoms with E-state index >= 15 is 0 Å². The molecule has 1 amide bonds. The minimum atomic E-state index is 0.139. The number of fused-ring (bicyclic) bond motifs is 1. The molecule has 7 nitrogen and oxygen atoms in total. The van der Waals surface area contributed by atoms with Crippen molar-refractivity contribution >= 4 is 5.91 Å². The number of carbonyl (C=O) groups is 1. The molecule has 2 atom stereocenters. The Morgan fingerprint density at radius 2 is 2.45 bits per heavy atom. The van der Waals surface area contributed by atoms with Crippen LogP contribution in [0.5, 0.6) is 0 Å². The number of hydrogen-bond donors (Lipinski definition) is 1. The van der Waals surface area contributed by atoms with Gasteiger partial charge in [-0.3, -0.25) is 4.79 Å². The molecule has 7 heteroatoms. The number of nitrogens with one attached hydrogen (secondary N) is 1. The standard InChI is InChI=1S/C13H21N5O2/c1-10-7-17(4-5-20-10)13(19)6-14-11-2-3-12-15-9-16-18(12)8-11/h9-11,14H,2-8H2,1H3/t10-,11+/m0/s1. The summed E-state index contributed by atoms with van der Waals surface area (Å²) in [6, 6.07) is 0.298. The van der Waals surface area contributed by atoms with Crippen molar-refractivity contribution in [2.24, 2.45) is 0 Å². The van der Waals surface area contributed by atoms with E-state index in [1.807, 2.05) is 16.5 Å². The molecule has 0 aromatic carbocycles. The van der Waals surface area contributed by atoms with Gasteiger partial charge in [-0.15, -0.1) is 0 Å². The average Bonchev–Trinajstić information content (AvgIpc) is 2.92. The monoisotopic (exact) mass is 279 g/mol. The Morgan fingerprint density at radius 1 is 1.55 bits per heavy atom. The van der Waals surface area contributed by atoms with Gasteiger partial charge in [0.15, 0.2) is 0 Å². The van der Waals surface area contributed by atoms with Gasteiger partial charge in [0.2, 0.25) is 5.91 Å². The van der Waals surface area contributed by atoms with Gasteiger partial charge in [-0.05, 0) is 13.3 Å². The number of aryl methyl sites for hydroxylation is 1. The van der Waals surface area contributed by atoms with Gasteiger partial charge >= 0.3 is 0 Å². The molecule has 3 heterocycles. The molecule has 1 aromatic heterocycles. The van der Waals surface area contributed by atoms with Crippen molar-refractivity contribution < 1.29 is 9.53 Å². The third kappa shape index (κ3) is 2.99. The molecule has 2 aliphatic heterocycles. The average molecular weight is 279 g/mol. The summed E-state index contributed by atoms with van der Waals surface area (Å²) in [7, 11) is 0. The van der Waals surface area contributed by atoms with Crippen molar-refractivity contribution in [1.29, 1.82) is 0 Å². The molecule has 0 aliphatic carbocycles. The Balaban J connectivity index is 1.47. The quantitative estimate of drug-likeness (QED) is 0.802. The lowest BCUT2D eigenvalue weighted by Gasteiger charge is -2.32. The number of amides is 1. The SMILES string of the molecule is C[C@H]1CN(C(=O)CN[C@@H]2CCc3ncnn3C2)CCO1. The summed E-state index contributed by atoms with van der Waals surface area (Å²) in [5.41, 5.74) is 0. The summed E-state index contributed by atoms with van der Waals surface area (Å²) in [5, 5.41) is 7.53. The summed E-state index contributed by atoms with van der Waals surface area (Å²) in [6.07, 6.45) is 3.66.